The van der Waals surface area contributed by atoms with Crippen molar-refractivity contribution in [2.24, 2.45) is 0 Å². The molecule has 0 aromatic heterocycles. The largest absolute Gasteiger partial charge is 0.384 e. The molecule has 0 spiro atoms. The third kappa shape index (κ3) is 3.81. The molecule has 0 aliphatic heterocycles. The van der Waals surface area contributed by atoms with Crippen LogP contribution in [0.25, 0.3) is 0 Å². The molecule has 1 unspecified atom stereocenters. The molecule has 18 heavy (non-hydrogen) atoms. The normalized spacial score (nSPS) is 12.1. The van der Waals surface area contributed by atoms with Crippen molar-refractivity contribution in [1.29, 1.82) is 0 Å². The van der Waals surface area contributed by atoms with E-state index in [1.165, 1.54) is 16.1 Å². The maximum Gasteiger partial charge on any atom is 0.0340 e. The zero-order chi connectivity index (χ0) is 12.8. The number of thioether (sulfide) groups is 1. The van der Waals surface area contributed by atoms with Crippen molar-refractivity contribution in [2.75, 3.05) is 11.9 Å². The van der Waals surface area contributed by atoms with E-state index in [1.807, 2.05) is 17.8 Å². The standard InChI is InChI=1S/C16H19NS/c1-13-8-6-7-11-16(13)18-14(2)12-17-15-9-4-3-5-10-15/h3-11,14,17H,12H2,1-2H3. The van der Waals surface area contributed by atoms with Gasteiger partial charge in [-0.15, -0.1) is 11.8 Å². The van der Waals surface area contributed by atoms with Gasteiger partial charge in [-0.1, -0.05) is 43.3 Å². The molecule has 2 aromatic rings. The van der Waals surface area contributed by atoms with Gasteiger partial charge >= 0.3 is 0 Å². The third-order valence-corrected chi connectivity index (χ3v) is 4.07. The Kier molecular flexibility index (Phi) is 4.71. The first-order valence-electron chi connectivity index (χ1n) is 6.27. The Bertz CT molecular complexity index is 481. The van der Waals surface area contributed by atoms with E-state index < -0.39 is 0 Å². The minimum absolute atomic E-state index is 0.548. The van der Waals surface area contributed by atoms with Crippen molar-refractivity contribution in [3.8, 4) is 0 Å². The van der Waals surface area contributed by atoms with Gasteiger partial charge in [-0.3, -0.25) is 0 Å². The van der Waals surface area contributed by atoms with Crippen LogP contribution in [-0.2, 0) is 0 Å². The molecule has 0 saturated carbocycles. The van der Waals surface area contributed by atoms with Crippen LogP contribution in [0.4, 0.5) is 5.69 Å². The molecule has 2 heteroatoms. The smallest absolute Gasteiger partial charge is 0.0340 e. The van der Waals surface area contributed by atoms with Crippen molar-refractivity contribution in [1.82, 2.24) is 0 Å². The average Bonchev–Trinajstić information content (AvgIpc) is 2.40. The van der Waals surface area contributed by atoms with Crippen LogP contribution >= 0.6 is 11.8 Å². The van der Waals surface area contributed by atoms with E-state index in [4.69, 9.17) is 0 Å². The van der Waals surface area contributed by atoms with Gasteiger partial charge in [0.15, 0.2) is 0 Å². The number of rotatable bonds is 5. The molecule has 2 rings (SSSR count). The Morgan fingerprint density at radius 1 is 1.00 bits per heavy atom. The van der Waals surface area contributed by atoms with Gasteiger partial charge in [-0.2, -0.15) is 0 Å². The summed E-state index contributed by atoms with van der Waals surface area (Å²) in [5.74, 6) is 0. The number of hydrogen-bond donors (Lipinski definition) is 1. The Hall–Kier alpha value is -1.41. The summed E-state index contributed by atoms with van der Waals surface area (Å²) in [6.07, 6.45) is 0. The van der Waals surface area contributed by atoms with E-state index in [2.05, 4.69) is 67.7 Å². The number of hydrogen-bond acceptors (Lipinski definition) is 2. The summed E-state index contributed by atoms with van der Waals surface area (Å²) in [5, 5.41) is 4.01. The maximum atomic E-state index is 3.46. The third-order valence-electron chi connectivity index (χ3n) is 2.79. The Morgan fingerprint density at radius 2 is 1.67 bits per heavy atom. The van der Waals surface area contributed by atoms with Crippen LogP contribution in [0.1, 0.15) is 12.5 Å². The van der Waals surface area contributed by atoms with Gasteiger partial charge < -0.3 is 5.32 Å². The Labute approximate surface area is 114 Å². The van der Waals surface area contributed by atoms with Crippen LogP contribution in [0.3, 0.4) is 0 Å². The lowest BCUT2D eigenvalue weighted by molar-refractivity contribution is 0.997. The van der Waals surface area contributed by atoms with Crippen LogP contribution < -0.4 is 5.32 Å². The molecule has 1 nitrogen and oxygen atoms in total. The Morgan fingerprint density at radius 3 is 2.39 bits per heavy atom. The molecule has 2 aromatic carbocycles. The number of para-hydroxylation sites is 1. The lowest BCUT2D eigenvalue weighted by Crippen LogP contribution is -2.13. The van der Waals surface area contributed by atoms with Crippen LogP contribution in [-0.4, -0.2) is 11.8 Å². The van der Waals surface area contributed by atoms with Crippen molar-refractivity contribution in [3.63, 3.8) is 0 Å². The molecule has 0 amide bonds. The lowest BCUT2D eigenvalue weighted by atomic mass is 10.2. The number of nitrogens with one attached hydrogen (secondary N) is 1. The van der Waals surface area contributed by atoms with Gasteiger partial charge in [0.25, 0.3) is 0 Å². The zero-order valence-corrected chi connectivity index (χ0v) is 11.7. The molecular formula is C16H19NS. The second kappa shape index (κ2) is 6.50. The zero-order valence-electron chi connectivity index (χ0n) is 10.9. The minimum Gasteiger partial charge on any atom is -0.384 e. The molecule has 94 valence electrons. The first-order valence-corrected chi connectivity index (χ1v) is 7.15. The van der Waals surface area contributed by atoms with E-state index in [0.717, 1.165) is 6.54 Å². The second-order valence-electron chi connectivity index (χ2n) is 4.44. The quantitative estimate of drug-likeness (QED) is 0.786. The SMILES string of the molecule is Cc1ccccc1SC(C)CNc1ccccc1. The predicted octanol–water partition coefficient (Wildman–Crippen LogP) is 4.59. The summed E-state index contributed by atoms with van der Waals surface area (Å²) in [6, 6.07) is 18.9. The lowest BCUT2D eigenvalue weighted by Gasteiger charge is -2.14. The minimum atomic E-state index is 0.548. The van der Waals surface area contributed by atoms with Gasteiger partial charge in [0.05, 0.1) is 0 Å². The van der Waals surface area contributed by atoms with E-state index in [-0.39, 0.29) is 0 Å². The molecular weight excluding hydrogens is 238 g/mol. The van der Waals surface area contributed by atoms with Crippen LogP contribution in [0.15, 0.2) is 59.5 Å². The van der Waals surface area contributed by atoms with Crippen molar-refractivity contribution >= 4 is 17.4 Å². The summed E-state index contributed by atoms with van der Waals surface area (Å²) in [6.45, 7) is 5.40. The fraction of sp³-hybridized carbons (Fsp3) is 0.250. The summed E-state index contributed by atoms with van der Waals surface area (Å²) in [5.41, 5.74) is 2.55. The summed E-state index contributed by atoms with van der Waals surface area (Å²) >= 11 is 1.93. The molecule has 0 saturated heterocycles. The molecule has 0 heterocycles. The van der Waals surface area contributed by atoms with Crippen LogP contribution in [0, 0.1) is 6.92 Å². The number of benzene rings is 2. The second-order valence-corrected chi connectivity index (χ2v) is 5.92. The van der Waals surface area contributed by atoms with Crippen molar-refractivity contribution < 1.29 is 0 Å². The fourth-order valence-corrected chi connectivity index (χ4v) is 2.78. The van der Waals surface area contributed by atoms with Gasteiger partial charge in [-0.05, 0) is 30.7 Å². The first kappa shape index (κ1) is 13.0. The highest BCUT2D eigenvalue weighted by atomic mass is 32.2. The highest BCUT2D eigenvalue weighted by Crippen LogP contribution is 2.26. The monoisotopic (exact) mass is 257 g/mol. The first-order chi connectivity index (χ1) is 8.75. The average molecular weight is 257 g/mol. The number of anilines is 1. The van der Waals surface area contributed by atoms with Gasteiger partial charge in [-0.25, -0.2) is 0 Å². The van der Waals surface area contributed by atoms with E-state index in [9.17, 15) is 0 Å². The van der Waals surface area contributed by atoms with Gasteiger partial charge in [0.2, 0.25) is 0 Å². The summed E-state index contributed by atoms with van der Waals surface area (Å²) in [4.78, 5) is 1.37. The van der Waals surface area contributed by atoms with E-state index in [0.29, 0.717) is 5.25 Å². The summed E-state index contributed by atoms with van der Waals surface area (Å²) < 4.78 is 0. The van der Waals surface area contributed by atoms with Crippen molar-refractivity contribution in [3.05, 3.63) is 60.2 Å². The predicted molar refractivity (Wildman–Crippen MR) is 81.4 cm³/mol. The highest BCUT2D eigenvalue weighted by Gasteiger charge is 2.05. The van der Waals surface area contributed by atoms with E-state index >= 15 is 0 Å². The molecule has 1 N–H and O–H groups in total. The van der Waals surface area contributed by atoms with Crippen LogP contribution in [0.2, 0.25) is 0 Å². The van der Waals surface area contributed by atoms with Crippen LogP contribution in [0.5, 0.6) is 0 Å². The topological polar surface area (TPSA) is 12.0 Å². The molecule has 0 bridgehead atoms. The van der Waals surface area contributed by atoms with E-state index in [1.54, 1.807) is 0 Å². The van der Waals surface area contributed by atoms with Crippen molar-refractivity contribution in [2.45, 2.75) is 24.0 Å². The maximum absolute atomic E-state index is 3.46. The summed E-state index contributed by atoms with van der Waals surface area (Å²) in [7, 11) is 0. The fourth-order valence-electron chi connectivity index (χ4n) is 1.76. The molecule has 0 aliphatic rings. The molecule has 0 fully saturated rings. The molecule has 0 aliphatic carbocycles. The molecule has 0 radical (unpaired) electrons. The molecule has 1 atom stereocenters. The highest BCUT2D eigenvalue weighted by molar-refractivity contribution is 8.00. The Balaban J connectivity index is 1.86. The van der Waals surface area contributed by atoms with Gasteiger partial charge in [0.1, 0.15) is 0 Å². The van der Waals surface area contributed by atoms with Gasteiger partial charge in [0, 0.05) is 22.4 Å². The number of aryl methyl sites for hydroxylation is 1.